The lowest BCUT2D eigenvalue weighted by atomic mass is 10.2. The van der Waals surface area contributed by atoms with E-state index in [0.29, 0.717) is 12.2 Å². The Balaban J connectivity index is 2.12. The maximum Gasteiger partial charge on any atom is 0.145 e. The second kappa shape index (κ2) is 5.65. The Bertz CT molecular complexity index is 602. The number of nitriles is 1. The van der Waals surface area contributed by atoms with Crippen LogP contribution in [0.25, 0.3) is 0 Å². The zero-order valence-corrected chi connectivity index (χ0v) is 11.5. The molecule has 0 saturated heterocycles. The fourth-order valence-corrected chi connectivity index (χ4v) is 1.96. The molecule has 0 atom stereocenters. The normalized spacial score (nSPS) is 9.83. The molecule has 3 nitrogen and oxygen atoms in total. The van der Waals surface area contributed by atoms with E-state index in [4.69, 9.17) is 5.26 Å². The summed E-state index contributed by atoms with van der Waals surface area (Å²) in [6.45, 7) is 2.63. The number of rotatable bonds is 3. The predicted octanol–water partition coefficient (Wildman–Crippen LogP) is 3.64. The first-order valence-electron chi connectivity index (χ1n) is 5.54. The molecular weight excluding hydrogens is 290 g/mol. The minimum absolute atomic E-state index is 0.469. The van der Waals surface area contributed by atoms with E-state index in [1.807, 2.05) is 37.3 Å². The van der Waals surface area contributed by atoms with Crippen LogP contribution in [0.2, 0.25) is 0 Å². The molecule has 0 aliphatic heterocycles. The van der Waals surface area contributed by atoms with Crippen LogP contribution in [-0.2, 0) is 6.54 Å². The van der Waals surface area contributed by atoms with Crippen molar-refractivity contribution in [3.05, 3.63) is 57.8 Å². The molecule has 4 heteroatoms. The van der Waals surface area contributed by atoms with Crippen LogP contribution in [0.5, 0.6) is 0 Å². The smallest absolute Gasteiger partial charge is 0.145 e. The van der Waals surface area contributed by atoms with Gasteiger partial charge in [0.2, 0.25) is 0 Å². The monoisotopic (exact) mass is 301 g/mol. The molecule has 0 aliphatic rings. The van der Waals surface area contributed by atoms with E-state index in [1.54, 1.807) is 6.20 Å². The zero-order valence-electron chi connectivity index (χ0n) is 9.94. The number of pyridine rings is 1. The third-order valence-electron chi connectivity index (χ3n) is 2.65. The van der Waals surface area contributed by atoms with E-state index in [2.05, 4.69) is 32.3 Å². The summed E-state index contributed by atoms with van der Waals surface area (Å²) in [6.07, 6.45) is 1.63. The van der Waals surface area contributed by atoms with Gasteiger partial charge >= 0.3 is 0 Å². The first-order chi connectivity index (χ1) is 8.70. The minimum Gasteiger partial charge on any atom is -0.381 e. The summed E-state index contributed by atoms with van der Waals surface area (Å²) in [5.41, 5.74) is 3.58. The summed E-state index contributed by atoms with van der Waals surface area (Å²) in [4.78, 5) is 4.03. The number of anilines is 1. The fourth-order valence-electron chi connectivity index (χ4n) is 1.58. The molecule has 1 N–H and O–H groups in total. The number of benzene rings is 1. The highest BCUT2D eigenvalue weighted by Crippen LogP contribution is 2.21. The highest BCUT2D eigenvalue weighted by atomic mass is 79.9. The maximum atomic E-state index is 8.95. The number of nitrogens with zero attached hydrogens (tertiary/aromatic N) is 2. The number of nitrogens with one attached hydrogen (secondary N) is 1. The van der Waals surface area contributed by atoms with Crippen molar-refractivity contribution in [2.75, 3.05) is 5.32 Å². The second-order valence-electron chi connectivity index (χ2n) is 3.94. The van der Waals surface area contributed by atoms with E-state index in [0.717, 1.165) is 15.7 Å². The molecule has 18 heavy (non-hydrogen) atoms. The molecular formula is C14H12BrN3. The van der Waals surface area contributed by atoms with Crippen LogP contribution in [0.3, 0.4) is 0 Å². The first-order valence-corrected chi connectivity index (χ1v) is 6.34. The Kier molecular flexibility index (Phi) is 3.96. The summed E-state index contributed by atoms with van der Waals surface area (Å²) in [5, 5.41) is 12.2. The van der Waals surface area contributed by atoms with Gasteiger partial charge in [-0.2, -0.15) is 5.26 Å². The van der Waals surface area contributed by atoms with Crippen molar-refractivity contribution in [3.63, 3.8) is 0 Å². The van der Waals surface area contributed by atoms with Gasteiger partial charge < -0.3 is 5.32 Å². The van der Waals surface area contributed by atoms with Gasteiger partial charge in [-0.05, 0) is 30.7 Å². The molecule has 2 aromatic rings. The standard InChI is InChI=1S/C14H12BrN3/c1-10-4-5-12(7-13(10)15)18-9-11-3-2-6-17-14(11)8-16/h2-7,18H,9H2,1H3. The van der Waals surface area contributed by atoms with Crippen LogP contribution in [0.4, 0.5) is 5.69 Å². The molecule has 0 aliphatic carbocycles. The van der Waals surface area contributed by atoms with E-state index in [9.17, 15) is 0 Å². The quantitative estimate of drug-likeness (QED) is 0.941. The number of hydrogen-bond donors (Lipinski definition) is 1. The largest absolute Gasteiger partial charge is 0.381 e. The zero-order chi connectivity index (χ0) is 13.0. The van der Waals surface area contributed by atoms with Crippen molar-refractivity contribution in [1.82, 2.24) is 4.98 Å². The summed E-state index contributed by atoms with van der Waals surface area (Å²) >= 11 is 3.50. The number of hydrogen-bond acceptors (Lipinski definition) is 3. The fraction of sp³-hybridized carbons (Fsp3) is 0.143. The van der Waals surface area contributed by atoms with Crippen molar-refractivity contribution in [3.8, 4) is 6.07 Å². The van der Waals surface area contributed by atoms with E-state index < -0.39 is 0 Å². The van der Waals surface area contributed by atoms with Crippen LogP contribution in [0, 0.1) is 18.3 Å². The highest BCUT2D eigenvalue weighted by Gasteiger charge is 2.02. The van der Waals surface area contributed by atoms with Gasteiger partial charge in [-0.25, -0.2) is 4.98 Å². The molecule has 2 rings (SSSR count). The second-order valence-corrected chi connectivity index (χ2v) is 4.79. The Hall–Kier alpha value is -1.86. The van der Waals surface area contributed by atoms with Gasteiger partial charge in [-0.3, -0.25) is 0 Å². The van der Waals surface area contributed by atoms with Crippen LogP contribution in [0.1, 0.15) is 16.8 Å². The first kappa shape index (κ1) is 12.6. The third-order valence-corrected chi connectivity index (χ3v) is 3.51. The number of aromatic nitrogens is 1. The Morgan fingerprint density at radius 3 is 2.94 bits per heavy atom. The maximum absolute atomic E-state index is 8.95. The summed E-state index contributed by atoms with van der Waals surface area (Å²) in [5.74, 6) is 0. The molecule has 1 heterocycles. The van der Waals surface area contributed by atoms with Crippen molar-refractivity contribution in [2.24, 2.45) is 0 Å². The lowest BCUT2D eigenvalue weighted by Crippen LogP contribution is -2.02. The molecule has 0 fully saturated rings. The van der Waals surface area contributed by atoms with Crippen LogP contribution in [0.15, 0.2) is 41.0 Å². The molecule has 0 unspecified atom stereocenters. The van der Waals surface area contributed by atoms with Gasteiger partial charge in [0, 0.05) is 28.5 Å². The van der Waals surface area contributed by atoms with Crippen molar-refractivity contribution >= 4 is 21.6 Å². The van der Waals surface area contributed by atoms with E-state index in [-0.39, 0.29) is 0 Å². The Labute approximate surface area is 115 Å². The van der Waals surface area contributed by atoms with Crippen molar-refractivity contribution in [2.45, 2.75) is 13.5 Å². The Morgan fingerprint density at radius 1 is 1.39 bits per heavy atom. The average molecular weight is 302 g/mol. The molecule has 0 amide bonds. The lowest BCUT2D eigenvalue weighted by molar-refractivity contribution is 1.09. The van der Waals surface area contributed by atoms with Crippen molar-refractivity contribution < 1.29 is 0 Å². The summed E-state index contributed by atoms with van der Waals surface area (Å²) < 4.78 is 1.07. The van der Waals surface area contributed by atoms with Gasteiger partial charge in [-0.1, -0.05) is 28.1 Å². The average Bonchev–Trinajstić information content (AvgIpc) is 2.40. The summed E-state index contributed by atoms with van der Waals surface area (Å²) in [6, 6.07) is 11.9. The minimum atomic E-state index is 0.469. The van der Waals surface area contributed by atoms with Gasteiger partial charge in [0.05, 0.1) is 0 Å². The van der Waals surface area contributed by atoms with Gasteiger partial charge in [0.15, 0.2) is 0 Å². The summed E-state index contributed by atoms with van der Waals surface area (Å²) in [7, 11) is 0. The topological polar surface area (TPSA) is 48.7 Å². The number of halogens is 1. The lowest BCUT2D eigenvalue weighted by Gasteiger charge is -2.08. The Morgan fingerprint density at radius 2 is 2.22 bits per heavy atom. The molecule has 1 aromatic carbocycles. The van der Waals surface area contributed by atoms with E-state index >= 15 is 0 Å². The van der Waals surface area contributed by atoms with Gasteiger partial charge in [0.25, 0.3) is 0 Å². The van der Waals surface area contributed by atoms with Crippen LogP contribution < -0.4 is 5.32 Å². The number of aryl methyl sites for hydroxylation is 1. The molecule has 0 radical (unpaired) electrons. The van der Waals surface area contributed by atoms with Crippen LogP contribution >= 0.6 is 15.9 Å². The molecule has 0 spiro atoms. The van der Waals surface area contributed by atoms with E-state index in [1.165, 1.54) is 5.56 Å². The predicted molar refractivity (Wildman–Crippen MR) is 75.2 cm³/mol. The van der Waals surface area contributed by atoms with Gasteiger partial charge in [-0.15, -0.1) is 0 Å². The van der Waals surface area contributed by atoms with Crippen molar-refractivity contribution in [1.29, 1.82) is 5.26 Å². The SMILES string of the molecule is Cc1ccc(NCc2cccnc2C#N)cc1Br. The van der Waals surface area contributed by atoms with Gasteiger partial charge in [0.1, 0.15) is 11.8 Å². The molecule has 0 bridgehead atoms. The molecule has 90 valence electrons. The molecule has 1 aromatic heterocycles. The highest BCUT2D eigenvalue weighted by molar-refractivity contribution is 9.10. The molecule has 0 saturated carbocycles. The van der Waals surface area contributed by atoms with Crippen LogP contribution in [-0.4, -0.2) is 4.98 Å². The third kappa shape index (κ3) is 2.88.